The standard InChI is InChI=1S/C19H21ClN2O5S/c1-21(11-13-6-4-5-7-16(13)26-2)19(23)18-12-22(28(3,24)25)15-10-14(20)8-9-17(15)27-18/h4-10,18H,11-12H2,1-3H3. The number of methoxy groups -OCH3 is 1. The van der Waals surface area contributed by atoms with Gasteiger partial charge in [0.15, 0.2) is 6.10 Å². The number of para-hydroxylation sites is 1. The Morgan fingerprint density at radius 3 is 2.71 bits per heavy atom. The molecule has 0 saturated carbocycles. The summed E-state index contributed by atoms with van der Waals surface area (Å²) in [6, 6.07) is 12.1. The van der Waals surface area contributed by atoms with Crippen molar-refractivity contribution in [3.63, 3.8) is 0 Å². The van der Waals surface area contributed by atoms with Crippen LogP contribution in [-0.2, 0) is 21.4 Å². The van der Waals surface area contributed by atoms with Gasteiger partial charge in [0, 0.05) is 24.2 Å². The van der Waals surface area contributed by atoms with Gasteiger partial charge in [0.25, 0.3) is 5.91 Å². The van der Waals surface area contributed by atoms with E-state index >= 15 is 0 Å². The highest BCUT2D eigenvalue weighted by Gasteiger charge is 2.36. The van der Waals surface area contributed by atoms with E-state index in [1.54, 1.807) is 26.3 Å². The highest BCUT2D eigenvalue weighted by atomic mass is 35.5. The van der Waals surface area contributed by atoms with E-state index in [-0.39, 0.29) is 12.5 Å². The molecule has 150 valence electrons. The number of hydrogen-bond acceptors (Lipinski definition) is 5. The molecule has 0 spiro atoms. The molecule has 0 aromatic heterocycles. The second-order valence-corrected chi connectivity index (χ2v) is 8.86. The summed E-state index contributed by atoms with van der Waals surface area (Å²) >= 11 is 6.00. The first kappa shape index (κ1) is 20.3. The number of hydrogen-bond donors (Lipinski definition) is 0. The molecule has 1 atom stereocenters. The Hall–Kier alpha value is -2.45. The molecule has 1 unspecified atom stereocenters. The Bertz CT molecular complexity index is 996. The summed E-state index contributed by atoms with van der Waals surface area (Å²) in [6.45, 7) is 0.177. The number of amides is 1. The molecule has 0 radical (unpaired) electrons. The van der Waals surface area contributed by atoms with E-state index in [1.165, 1.54) is 11.0 Å². The number of anilines is 1. The van der Waals surface area contributed by atoms with Gasteiger partial charge in [-0.1, -0.05) is 29.8 Å². The maximum atomic E-state index is 13.0. The van der Waals surface area contributed by atoms with Crippen LogP contribution in [0.5, 0.6) is 11.5 Å². The van der Waals surface area contributed by atoms with Crippen molar-refractivity contribution in [2.45, 2.75) is 12.6 Å². The number of sulfonamides is 1. The first-order valence-corrected chi connectivity index (χ1v) is 10.7. The molecular weight excluding hydrogens is 404 g/mol. The molecule has 0 saturated heterocycles. The molecule has 1 heterocycles. The van der Waals surface area contributed by atoms with Crippen molar-refractivity contribution < 1.29 is 22.7 Å². The minimum atomic E-state index is -3.61. The molecule has 0 aliphatic carbocycles. The van der Waals surface area contributed by atoms with Crippen LogP contribution in [0.2, 0.25) is 5.02 Å². The van der Waals surface area contributed by atoms with Gasteiger partial charge in [0.1, 0.15) is 11.5 Å². The van der Waals surface area contributed by atoms with Gasteiger partial charge in [-0.25, -0.2) is 8.42 Å². The number of likely N-dealkylation sites (N-methyl/N-ethyl adjacent to an activating group) is 1. The second kappa shape index (κ2) is 7.89. The van der Waals surface area contributed by atoms with Crippen molar-refractivity contribution in [1.82, 2.24) is 4.90 Å². The zero-order chi connectivity index (χ0) is 20.5. The largest absolute Gasteiger partial charge is 0.496 e. The van der Waals surface area contributed by atoms with Crippen molar-refractivity contribution in [3.05, 3.63) is 53.1 Å². The van der Waals surface area contributed by atoms with Crippen molar-refractivity contribution in [2.75, 3.05) is 31.3 Å². The molecule has 1 aliphatic rings. The lowest BCUT2D eigenvalue weighted by atomic mass is 10.1. The summed E-state index contributed by atoms with van der Waals surface area (Å²) < 4.78 is 36.8. The van der Waals surface area contributed by atoms with Crippen LogP contribution in [0.3, 0.4) is 0 Å². The normalized spacial score (nSPS) is 16.1. The monoisotopic (exact) mass is 424 g/mol. The summed E-state index contributed by atoms with van der Waals surface area (Å²) in [5.41, 5.74) is 1.16. The van der Waals surface area contributed by atoms with Crippen molar-refractivity contribution >= 4 is 33.2 Å². The van der Waals surface area contributed by atoms with Crippen LogP contribution in [0.4, 0.5) is 5.69 Å². The van der Waals surface area contributed by atoms with Crippen LogP contribution >= 0.6 is 11.6 Å². The third-order valence-corrected chi connectivity index (χ3v) is 5.82. The molecule has 9 heteroatoms. The van der Waals surface area contributed by atoms with E-state index in [9.17, 15) is 13.2 Å². The van der Waals surface area contributed by atoms with Gasteiger partial charge in [0.05, 0.1) is 25.6 Å². The van der Waals surface area contributed by atoms with E-state index in [4.69, 9.17) is 21.1 Å². The SMILES string of the molecule is COc1ccccc1CN(C)C(=O)C1CN(S(C)(=O)=O)c2cc(Cl)ccc2O1. The Kier molecular flexibility index (Phi) is 5.71. The molecule has 2 aromatic carbocycles. The van der Waals surface area contributed by atoms with Crippen molar-refractivity contribution in [1.29, 1.82) is 0 Å². The molecule has 0 bridgehead atoms. The molecular formula is C19H21ClN2O5S. The number of carbonyl (C=O) groups is 1. The summed E-state index contributed by atoms with van der Waals surface area (Å²) in [5.74, 6) is 0.634. The van der Waals surface area contributed by atoms with Gasteiger partial charge in [-0.2, -0.15) is 0 Å². The quantitative estimate of drug-likeness (QED) is 0.737. The highest BCUT2D eigenvalue weighted by molar-refractivity contribution is 7.92. The first-order valence-electron chi connectivity index (χ1n) is 8.51. The maximum absolute atomic E-state index is 13.0. The van der Waals surface area contributed by atoms with Crippen molar-refractivity contribution in [2.24, 2.45) is 0 Å². The summed E-state index contributed by atoms with van der Waals surface area (Å²) in [4.78, 5) is 14.5. The van der Waals surface area contributed by atoms with Gasteiger partial charge < -0.3 is 14.4 Å². The van der Waals surface area contributed by atoms with Gasteiger partial charge >= 0.3 is 0 Å². The number of nitrogens with zero attached hydrogens (tertiary/aromatic N) is 2. The number of benzene rings is 2. The Balaban J connectivity index is 1.85. The van der Waals surface area contributed by atoms with Gasteiger partial charge in [-0.05, 0) is 24.3 Å². The average molecular weight is 425 g/mol. The molecule has 28 heavy (non-hydrogen) atoms. The molecule has 0 fully saturated rings. The number of carbonyl (C=O) groups excluding carboxylic acids is 1. The van der Waals surface area contributed by atoms with Crippen LogP contribution in [-0.4, -0.2) is 52.3 Å². The van der Waals surface area contributed by atoms with Crippen LogP contribution in [0.1, 0.15) is 5.56 Å². The third kappa shape index (κ3) is 4.18. The maximum Gasteiger partial charge on any atom is 0.265 e. The van der Waals surface area contributed by atoms with Crippen molar-refractivity contribution in [3.8, 4) is 11.5 Å². The lowest BCUT2D eigenvalue weighted by Crippen LogP contribution is -2.50. The molecule has 0 N–H and O–H groups in total. The zero-order valence-corrected chi connectivity index (χ0v) is 17.3. The van der Waals surface area contributed by atoms with E-state index in [2.05, 4.69) is 0 Å². The minimum absolute atomic E-state index is 0.124. The summed E-state index contributed by atoms with van der Waals surface area (Å²) in [7, 11) is -0.408. The Morgan fingerprint density at radius 2 is 2.04 bits per heavy atom. The Morgan fingerprint density at radius 1 is 1.32 bits per heavy atom. The predicted octanol–water partition coefficient (Wildman–Crippen LogP) is 2.53. The molecule has 1 amide bonds. The lowest BCUT2D eigenvalue weighted by Gasteiger charge is -2.35. The van der Waals surface area contributed by atoms with Gasteiger partial charge in [-0.15, -0.1) is 0 Å². The number of halogens is 1. The molecule has 7 nitrogen and oxygen atoms in total. The fourth-order valence-electron chi connectivity index (χ4n) is 3.08. The molecule has 3 rings (SSSR count). The number of rotatable bonds is 5. The smallest absolute Gasteiger partial charge is 0.265 e. The molecule has 2 aromatic rings. The van der Waals surface area contributed by atoms with Crippen LogP contribution in [0.25, 0.3) is 0 Å². The molecule has 1 aliphatic heterocycles. The van der Waals surface area contributed by atoms with E-state index in [0.717, 1.165) is 16.1 Å². The number of fused-ring (bicyclic) bond motifs is 1. The van der Waals surface area contributed by atoms with Crippen LogP contribution in [0, 0.1) is 0 Å². The summed E-state index contributed by atoms with van der Waals surface area (Å²) in [6.07, 6.45) is 0.117. The van der Waals surface area contributed by atoms with E-state index < -0.39 is 16.1 Å². The van der Waals surface area contributed by atoms with Gasteiger partial charge in [0.2, 0.25) is 10.0 Å². The average Bonchev–Trinajstić information content (AvgIpc) is 2.66. The fourth-order valence-corrected chi connectivity index (χ4v) is 4.15. The highest BCUT2D eigenvalue weighted by Crippen LogP contribution is 2.37. The predicted molar refractivity (Wildman–Crippen MR) is 108 cm³/mol. The van der Waals surface area contributed by atoms with E-state index in [1.807, 2.05) is 24.3 Å². The first-order chi connectivity index (χ1) is 13.2. The third-order valence-electron chi connectivity index (χ3n) is 4.44. The topological polar surface area (TPSA) is 76.2 Å². The lowest BCUT2D eigenvalue weighted by molar-refractivity contribution is -0.137. The van der Waals surface area contributed by atoms with Crippen LogP contribution in [0.15, 0.2) is 42.5 Å². The minimum Gasteiger partial charge on any atom is -0.496 e. The summed E-state index contributed by atoms with van der Waals surface area (Å²) in [5, 5.41) is 0.383. The van der Waals surface area contributed by atoms with E-state index in [0.29, 0.717) is 28.8 Å². The second-order valence-electron chi connectivity index (χ2n) is 6.52. The zero-order valence-electron chi connectivity index (χ0n) is 15.8. The van der Waals surface area contributed by atoms with Gasteiger partial charge in [-0.3, -0.25) is 9.10 Å². The number of ether oxygens (including phenoxy) is 2. The van der Waals surface area contributed by atoms with Crippen LogP contribution < -0.4 is 13.8 Å². The fraction of sp³-hybridized carbons (Fsp3) is 0.316. The Labute approximate surface area is 169 Å².